The molecule has 1 amide bonds. The van der Waals surface area contributed by atoms with E-state index in [1.54, 1.807) is 0 Å². The van der Waals surface area contributed by atoms with Crippen LogP contribution in [0.25, 0.3) is 11.3 Å². The highest BCUT2D eigenvalue weighted by Crippen LogP contribution is 2.29. The van der Waals surface area contributed by atoms with Crippen LogP contribution in [-0.2, 0) is 29.1 Å². The molecule has 7 nitrogen and oxygen atoms in total. The molecule has 2 aromatic rings. The molecule has 3 N–H and O–H groups in total. The van der Waals surface area contributed by atoms with Gasteiger partial charge in [-0.15, -0.1) is 0 Å². The molecule has 1 aliphatic heterocycles. The lowest BCUT2D eigenvalue weighted by atomic mass is 10.0. The van der Waals surface area contributed by atoms with E-state index < -0.39 is 5.97 Å². The zero-order valence-corrected chi connectivity index (χ0v) is 13.5. The topological polar surface area (TPSA) is 96.2 Å². The average molecular weight is 328 g/mol. The van der Waals surface area contributed by atoms with Crippen molar-refractivity contribution >= 4 is 17.6 Å². The van der Waals surface area contributed by atoms with E-state index in [1.165, 1.54) is 6.92 Å². The Balaban J connectivity index is 1.98. The van der Waals surface area contributed by atoms with Crippen LogP contribution in [0.3, 0.4) is 0 Å². The van der Waals surface area contributed by atoms with Gasteiger partial charge in [0.2, 0.25) is 5.91 Å². The van der Waals surface area contributed by atoms with Crippen LogP contribution in [0.4, 0.5) is 5.69 Å². The Kier molecular flexibility index (Phi) is 4.61. The molecule has 3 rings (SSSR count). The number of aliphatic carboxylic acids is 1. The summed E-state index contributed by atoms with van der Waals surface area (Å²) in [4.78, 5) is 22.1. The summed E-state index contributed by atoms with van der Waals surface area (Å²) < 4.78 is 1.81. The van der Waals surface area contributed by atoms with E-state index in [1.807, 2.05) is 28.9 Å². The number of anilines is 1. The molecule has 0 bridgehead atoms. The average Bonchev–Trinajstić information content (AvgIpc) is 2.91. The van der Waals surface area contributed by atoms with Crippen molar-refractivity contribution in [1.29, 1.82) is 0 Å². The highest BCUT2D eigenvalue weighted by Gasteiger charge is 2.22. The zero-order chi connectivity index (χ0) is 17.1. The summed E-state index contributed by atoms with van der Waals surface area (Å²) in [5, 5.41) is 19.7. The Morgan fingerprint density at radius 1 is 1.42 bits per heavy atom. The number of nitrogens with zero attached hydrogens (tertiary/aromatic N) is 2. The lowest BCUT2D eigenvalue weighted by molar-refractivity contribution is -0.137. The summed E-state index contributed by atoms with van der Waals surface area (Å²) in [6.07, 6.45) is 0.875. The van der Waals surface area contributed by atoms with Crippen LogP contribution in [0.15, 0.2) is 24.3 Å². The number of fused-ring (bicyclic) bond motifs is 1. The zero-order valence-electron chi connectivity index (χ0n) is 13.5. The number of aryl methyl sites for hydroxylation is 1. The van der Waals surface area contributed by atoms with E-state index >= 15 is 0 Å². The fourth-order valence-corrected chi connectivity index (χ4v) is 2.99. The first-order valence-corrected chi connectivity index (χ1v) is 7.93. The second-order valence-corrected chi connectivity index (χ2v) is 5.83. The van der Waals surface area contributed by atoms with E-state index in [2.05, 4.69) is 15.7 Å². The molecule has 0 saturated heterocycles. The molecule has 24 heavy (non-hydrogen) atoms. The summed E-state index contributed by atoms with van der Waals surface area (Å²) >= 11 is 0. The van der Waals surface area contributed by atoms with Gasteiger partial charge in [0.1, 0.15) is 0 Å². The quantitative estimate of drug-likeness (QED) is 0.775. The van der Waals surface area contributed by atoms with Crippen molar-refractivity contribution < 1.29 is 14.7 Å². The number of carboxylic acid groups (broad SMARTS) is 1. The summed E-state index contributed by atoms with van der Waals surface area (Å²) in [7, 11) is 0. The lowest BCUT2D eigenvalue weighted by Gasteiger charge is -2.15. The van der Waals surface area contributed by atoms with Gasteiger partial charge in [0.05, 0.1) is 18.7 Å². The fourth-order valence-electron chi connectivity index (χ4n) is 2.99. The molecule has 1 aromatic heterocycles. The molecule has 0 saturated carbocycles. The van der Waals surface area contributed by atoms with Gasteiger partial charge in [-0.1, -0.05) is 12.1 Å². The van der Waals surface area contributed by atoms with Crippen molar-refractivity contribution in [3.8, 4) is 11.3 Å². The number of nitrogens with one attached hydrogen (secondary N) is 2. The molecule has 0 atom stereocenters. The highest BCUT2D eigenvalue weighted by atomic mass is 16.4. The third kappa shape index (κ3) is 3.46. The van der Waals surface area contributed by atoms with Crippen molar-refractivity contribution in [3.63, 3.8) is 0 Å². The van der Waals surface area contributed by atoms with Crippen LogP contribution in [0.5, 0.6) is 0 Å². The first-order valence-electron chi connectivity index (χ1n) is 7.93. The van der Waals surface area contributed by atoms with Gasteiger partial charge in [-0.25, -0.2) is 0 Å². The normalized spacial score (nSPS) is 13.4. The number of hydrogen-bond donors (Lipinski definition) is 3. The van der Waals surface area contributed by atoms with Crippen LogP contribution in [0, 0.1) is 0 Å². The predicted octanol–water partition coefficient (Wildman–Crippen LogP) is 1.63. The van der Waals surface area contributed by atoms with Crippen molar-refractivity contribution in [2.24, 2.45) is 0 Å². The summed E-state index contributed by atoms with van der Waals surface area (Å²) in [6.45, 7) is 3.40. The van der Waals surface area contributed by atoms with Gasteiger partial charge in [0.25, 0.3) is 0 Å². The van der Waals surface area contributed by atoms with Gasteiger partial charge in [0, 0.05) is 48.9 Å². The van der Waals surface area contributed by atoms with Crippen LogP contribution >= 0.6 is 0 Å². The molecule has 1 aliphatic rings. The van der Waals surface area contributed by atoms with Crippen LogP contribution < -0.4 is 10.6 Å². The van der Waals surface area contributed by atoms with Crippen molar-refractivity contribution in [2.75, 3.05) is 11.9 Å². The molecule has 0 unspecified atom stereocenters. The van der Waals surface area contributed by atoms with E-state index in [0.29, 0.717) is 13.1 Å². The standard InChI is InChI=1S/C17H20N4O3/c1-11(22)19-13-4-2-3-12(9-13)17-14-10-18-7-5-15(14)21(20-17)8-6-16(23)24/h2-4,9,18H,5-8,10H2,1H3,(H,19,22)(H,23,24). The Morgan fingerprint density at radius 3 is 3.00 bits per heavy atom. The van der Waals surface area contributed by atoms with Gasteiger partial charge < -0.3 is 15.7 Å². The Bertz CT molecular complexity index is 782. The van der Waals surface area contributed by atoms with Crippen molar-refractivity contribution in [1.82, 2.24) is 15.1 Å². The number of rotatable bonds is 5. The van der Waals surface area contributed by atoms with Crippen LogP contribution in [0.2, 0.25) is 0 Å². The molecule has 7 heteroatoms. The van der Waals surface area contributed by atoms with Crippen LogP contribution in [0.1, 0.15) is 24.6 Å². The lowest BCUT2D eigenvalue weighted by Crippen LogP contribution is -2.25. The summed E-state index contributed by atoms with van der Waals surface area (Å²) in [6, 6.07) is 7.54. The fraction of sp³-hybridized carbons (Fsp3) is 0.353. The SMILES string of the molecule is CC(=O)Nc1cccc(-c2nn(CCC(=O)O)c3c2CNCC3)c1. The number of aromatic nitrogens is 2. The first kappa shape index (κ1) is 16.2. The molecule has 126 valence electrons. The minimum absolute atomic E-state index is 0.0485. The molecule has 0 fully saturated rings. The first-order chi connectivity index (χ1) is 11.5. The molecule has 0 spiro atoms. The Hall–Kier alpha value is -2.67. The number of carboxylic acids is 1. The Labute approximate surface area is 139 Å². The van der Waals surface area contributed by atoms with E-state index in [-0.39, 0.29) is 12.3 Å². The second-order valence-electron chi connectivity index (χ2n) is 5.83. The van der Waals surface area contributed by atoms with Crippen LogP contribution in [-0.4, -0.2) is 33.3 Å². The maximum Gasteiger partial charge on any atom is 0.305 e. The van der Waals surface area contributed by atoms with Gasteiger partial charge in [-0.2, -0.15) is 5.10 Å². The third-order valence-electron chi connectivity index (χ3n) is 4.00. The van der Waals surface area contributed by atoms with Gasteiger partial charge in [-0.3, -0.25) is 14.3 Å². The van der Waals surface area contributed by atoms with E-state index in [0.717, 1.165) is 41.2 Å². The molecule has 0 radical (unpaired) electrons. The highest BCUT2D eigenvalue weighted by molar-refractivity contribution is 5.89. The molecular formula is C17H20N4O3. The van der Waals surface area contributed by atoms with Gasteiger partial charge >= 0.3 is 5.97 Å². The summed E-state index contributed by atoms with van der Waals surface area (Å²) in [5.74, 6) is -0.953. The van der Waals surface area contributed by atoms with E-state index in [9.17, 15) is 9.59 Å². The smallest absolute Gasteiger partial charge is 0.305 e. The minimum Gasteiger partial charge on any atom is -0.481 e. The van der Waals surface area contributed by atoms with Crippen molar-refractivity contribution in [3.05, 3.63) is 35.5 Å². The largest absolute Gasteiger partial charge is 0.481 e. The third-order valence-corrected chi connectivity index (χ3v) is 4.00. The molecular weight excluding hydrogens is 308 g/mol. The number of carbonyl (C=O) groups is 2. The van der Waals surface area contributed by atoms with Gasteiger partial charge in [-0.05, 0) is 12.1 Å². The monoisotopic (exact) mass is 328 g/mol. The number of hydrogen-bond acceptors (Lipinski definition) is 4. The minimum atomic E-state index is -0.831. The maximum atomic E-state index is 11.3. The van der Waals surface area contributed by atoms with Gasteiger partial charge in [0.15, 0.2) is 0 Å². The van der Waals surface area contributed by atoms with E-state index in [4.69, 9.17) is 5.11 Å². The number of carbonyl (C=O) groups excluding carboxylic acids is 1. The summed E-state index contributed by atoms with van der Waals surface area (Å²) in [5.41, 5.74) is 4.67. The molecule has 2 heterocycles. The predicted molar refractivity (Wildman–Crippen MR) is 89.6 cm³/mol. The number of amides is 1. The number of benzene rings is 1. The van der Waals surface area contributed by atoms with Crippen molar-refractivity contribution in [2.45, 2.75) is 32.9 Å². The second kappa shape index (κ2) is 6.84. The Morgan fingerprint density at radius 2 is 2.25 bits per heavy atom. The molecule has 1 aromatic carbocycles. The maximum absolute atomic E-state index is 11.3. The molecule has 0 aliphatic carbocycles.